The van der Waals surface area contributed by atoms with Crippen LogP contribution in [0.1, 0.15) is 12.0 Å². The summed E-state index contributed by atoms with van der Waals surface area (Å²) >= 11 is 0. The number of anilines is 3. The van der Waals surface area contributed by atoms with E-state index in [2.05, 4.69) is 51.3 Å². The predicted molar refractivity (Wildman–Crippen MR) is 102 cm³/mol. The molecule has 2 aromatic rings. The van der Waals surface area contributed by atoms with Gasteiger partial charge in [-0.2, -0.15) is 0 Å². The number of carbonyl (C=O) groups is 1. The molecule has 1 amide bonds. The summed E-state index contributed by atoms with van der Waals surface area (Å²) in [5.41, 5.74) is 8.66. The van der Waals surface area contributed by atoms with Crippen molar-refractivity contribution in [2.24, 2.45) is 5.73 Å². The largest absolute Gasteiger partial charge is 0.368 e. The highest BCUT2D eigenvalue weighted by Gasteiger charge is 2.18. The molecule has 0 atom stereocenters. The molecule has 0 aliphatic carbocycles. The minimum absolute atomic E-state index is 0.0798. The summed E-state index contributed by atoms with van der Waals surface area (Å²) in [6, 6.07) is 12.5. The number of amides is 1. The summed E-state index contributed by atoms with van der Waals surface area (Å²) in [6.07, 6.45) is 2.03. The van der Waals surface area contributed by atoms with Crippen LogP contribution in [0.5, 0.6) is 0 Å². The van der Waals surface area contributed by atoms with Gasteiger partial charge >= 0.3 is 0 Å². The Labute approximate surface area is 148 Å². The molecule has 6 nitrogen and oxygen atoms in total. The first-order valence-corrected chi connectivity index (χ1v) is 8.68. The molecule has 25 heavy (non-hydrogen) atoms. The topological polar surface area (TPSA) is 74.5 Å². The van der Waals surface area contributed by atoms with Gasteiger partial charge in [0.1, 0.15) is 5.82 Å². The molecule has 1 saturated heterocycles. The summed E-state index contributed by atoms with van der Waals surface area (Å²) in [5.74, 6) is 0.865. The maximum Gasteiger partial charge on any atom is 0.225 e. The van der Waals surface area contributed by atoms with Gasteiger partial charge in [0.2, 0.25) is 5.91 Å². The van der Waals surface area contributed by atoms with Gasteiger partial charge in [0.25, 0.3) is 0 Å². The Hall–Kier alpha value is -2.60. The predicted octanol–water partition coefficient (Wildman–Crippen LogP) is 2.00. The second-order valence-corrected chi connectivity index (χ2v) is 6.31. The highest BCUT2D eigenvalue weighted by Crippen LogP contribution is 2.21. The first kappa shape index (κ1) is 17.2. The first-order valence-electron chi connectivity index (χ1n) is 8.68. The van der Waals surface area contributed by atoms with Crippen molar-refractivity contribution in [2.75, 3.05) is 47.8 Å². The molecular formula is C19H25N5O. The molecule has 2 heterocycles. The van der Waals surface area contributed by atoms with Crippen LogP contribution in [-0.4, -0.2) is 43.6 Å². The lowest BCUT2D eigenvalue weighted by molar-refractivity contribution is -0.116. The van der Waals surface area contributed by atoms with Crippen LogP contribution >= 0.6 is 0 Å². The number of nitrogens with zero attached hydrogens (tertiary/aromatic N) is 3. The molecule has 1 fully saturated rings. The lowest BCUT2D eigenvalue weighted by Gasteiger charge is -2.36. The molecule has 1 aliphatic heterocycles. The van der Waals surface area contributed by atoms with E-state index in [1.54, 1.807) is 6.20 Å². The first-order chi connectivity index (χ1) is 12.2. The molecule has 0 unspecified atom stereocenters. The van der Waals surface area contributed by atoms with Crippen LogP contribution in [-0.2, 0) is 4.79 Å². The third-order valence-electron chi connectivity index (χ3n) is 4.37. The second-order valence-electron chi connectivity index (χ2n) is 6.31. The smallest absolute Gasteiger partial charge is 0.225 e. The molecule has 1 aromatic carbocycles. The highest BCUT2D eigenvalue weighted by molar-refractivity contribution is 5.90. The van der Waals surface area contributed by atoms with Crippen LogP contribution in [0.2, 0.25) is 0 Å². The molecule has 1 aliphatic rings. The molecule has 6 heteroatoms. The average Bonchev–Trinajstić information content (AvgIpc) is 2.63. The highest BCUT2D eigenvalue weighted by atomic mass is 16.1. The standard InChI is InChI=1S/C19H25N5O/c1-15-3-2-4-17(13-15)23-9-11-24(12-10-23)18-6-5-16(14-21-18)22-19(25)7-8-20/h2-6,13-14H,7-12,20H2,1H3,(H,22,25). The van der Waals surface area contributed by atoms with Gasteiger partial charge in [-0.1, -0.05) is 12.1 Å². The minimum atomic E-state index is -0.0798. The zero-order valence-electron chi connectivity index (χ0n) is 14.6. The fraction of sp³-hybridized carbons (Fsp3) is 0.368. The van der Waals surface area contributed by atoms with Crippen LogP contribution in [0.4, 0.5) is 17.2 Å². The Morgan fingerprint density at radius 2 is 1.92 bits per heavy atom. The SMILES string of the molecule is Cc1cccc(N2CCN(c3ccc(NC(=O)CCN)cn3)CC2)c1. The van der Waals surface area contributed by atoms with E-state index in [-0.39, 0.29) is 5.91 Å². The number of benzene rings is 1. The van der Waals surface area contributed by atoms with E-state index in [4.69, 9.17) is 5.73 Å². The lowest BCUT2D eigenvalue weighted by Crippen LogP contribution is -2.46. The van der Waals surface area contributed by atoms with Crippen molar-refractivity contribution in [2.45, 2.75) is 13.3 Å². The molecule has 3 rings (SSSR count). The quantitative estimate of drug-likeness (QED) is 0.871. The van der Waals surface area contributed by atoms with Gasteiger partial charge in [0.05, 0.1) is 11.9 Å². The minimum Gasteiger partial charge on any atom is -0.368 e. The lowest BCUT2D eigenvalue weighted by atomic mass is 10.2. The van der Waals surface area contributed by atoms with Crippen LogP contribution in [0.25, 0.3) is 0 Å². The summed E-state index contributed by atoms with van der Waals surface area (Å²) in [5, 5.41) is 2.80. The van der Waals surface area contributed by atoms with Crippen LogP contribution in [0, 0.1) is 6.92 Å². The van der Waals surface area contributed by atoms with E-state index in [1.165, 1.54) is 11.3 Å². The fourth-order valence-corrected chi connectivity index (χ4v) is 3.02. The maximum atomic E-state index is 11.6. The van der Waals surface area contributed by atoms with E-state index < -0.39 is 0 Å². The molecular weight excluding hydrogens is 314 g/mol. The van der Waals surface area contributed by atoms with Gasteiger partial charge in [-0.15, -0.1) is 0 Å². The van der Waals surface area contributed by atoms with Crippen molar-refractivity contribution in [3.05, 3.63) is 48.2 Å². The number of nitrogens with two attached hydrogens (primary N) is 1. The maximum absolute atomic E-state index is 11.6. The van der Waals surface area contributed by atoms with E-state index in [9.17, 15) is 4.79 Å². The summed E-state index contributed by atoms with van der Waals surface area (Å²) < 4.78 is 0. The summed E-state index contributed by atoms with van der Waals surface area (Å²) in [4.78, 5) is 20.7. The van der Waals surface area contributed by atoms with Gasteiger partial charge in [-0.05, 0) is 36.8 Å². The molecule has 0 saturated carbocycles. The number of aromatic nitrogens is 1. The number of aryl methyl sites for hydroxylation is 1. The Morgan fingerprint density at radius 3 is 2.56 bits per heavy atom. The summed E-state index contributed by atoms with van der Waals surface area (Å²) in [7, 11) is 0. The van der Waals surface area contributed by atoms with Gasteiger partial charge in [-0.25, -0.2) is 4.98 Å². The average molecular weight is 339 g/mol. The van der Waals surface area contributed by atoms with Crippen molar-refractivity contribution in [1.29, 1.82) is 0 Å². The van der Waals surface area contributed by atoms with Gasteiger partial charge in [-0.3, -0.25) is 4.79 Å². The number of pyridine rings is 1. The van der Waals surface area contributed by atoms with Gasteiger partial charge in [0.15, 0.2) is 0 Å². The van der Waals surface area contributed by atoms with Crippen molar-refractivity contribution in [3.63, 3.8) is 0 Å². The number of hydrogen-bond acceptors (Lipinski definition) is 5. The van der Waals surface area contributed by atoms with E-state index in [1.807, 2.05) is 12.1 Å². The zero-order chi connectivity index (χ0) is 17.6. The van der Waals surface area contributed by atoms with Gasteiger partial charge in [0, 0.05) is 44.8 Å². The Balaban J connectivity index is 1.56. The third-order valence-corrected chi connectivity index (χ3v) is 4.37. The Kier molecular flexibility index (Phi) is 5.50. The van der Waals surface area contributed by atoms with E-state index >= 15 is 0 Å². The molecule has 0 bridgehead atoms. The van der Waals surface area contributed by atoms with Crippen LogP contribution in [0.15, 0.2) is 42.6 Å². The van der Waals surface area contributed by atoms with Crippen molar-refractivity contribution in [1.82, 2.24) is 4.98 Å². The Bertz CT molecular complexity index is 708. The number of rotatable bonds is 5. The molecule has 1 aromatic heterocycles. The molecule has 0 radical (unpaired) electrons. The van der Waals surface area contributed by atoms with E-state index in [0.717, 1.165) is 32.0 Å². The summed E-state index contributed by atoms with van der Waals surface area (Å²) in [6.45, 7) is 6.28. The molecule has 3 N–H and O–H groups in total. The molecule has 0 spiro atoms. The van der Waals surface area contributed by atoms with Gasteiger partial charge < -0.3 is 20.9 Å². The normalized spacial score (nSPS) is 14.5. The number of carbonyl (C=O) groups excluding carboxylic acids is 1. The van der Waals surface area contributed by atoms with Crippen LogP contribution < -0.4 is 20.9 Å². The third kappa shape index (κ3) is 4.48. The monoisotopic (exact) mass is 339 g/mol. The molecule has 132 valence electrons. The fourth-order valence-electron chi connectivity index (χ4n) is 3.02. The second kappa shape index (κ2) is 7.98. The van der Waals surface area contributed by atoms with Crippen molar-refractivity contribution in [3.8, 4) is 0 Å². The number of hydrogen-bond donors (Lipinski definition) is 2. The van der Waals surface area contributed by atoms with Crippen molar-refractivity contribution < 1.29 is 4.79 Å². The zero-order valence-corrected chi connectivity index (χ0v) is 14.6. The number of nitrogens with one attached hydrogen (secondary N) is 1. The van der Waals surface area contributed by atoms with E-state index in [0.29, 0.717) is 18.7 Å². The van der Waals surface area contributed by atoms with Crippen LogP contribution in [0.3, 0.4) is 0 Å². The Morgan fingerprint density at radius 1 is 1.16 bits per heavy atom. The van der Waals surface area contributed by atoms with Crippen molar-refractivity contribution >= 4 is 23.1 Å². The number of piperazine rings is 1.